The Morgan fingerprint density at radius 3 is 2.00 bits per heavy atom. The topological polar surface area (TPSA) is 136 Å². The second kappa shape index (κ2) is 12.7. The fourth-order valence-electron chi connectivity index (χ4n) is 0.111. The summed E-state index contributed by atoms with van der Waals surface area (Å²) in [6.45, 7) is 0. The van der Waals surface area contributed by atoms with E-state index in [-0.39, 0.29) is 24.9 Å². The second-order valence-corrected chi connectivity index (χ2v) is 1.45. The standard InChI is InChI=1S/C3H3ClO5.BH2O3.Li/c4-1-8-9-3(7)2(5)6;2-1(3)4;/h1H2,(H,5,6);2-3H;/q;-1;+1. The van der Waals surface area contributed by atoms with E-state index in [1.165, 1.54) is 0 Å². The van der Waals surface area contributed by atoms with E-state index in [0.717, 1.165) is 0 Å². The molecule has 0 aromatic rings. The van der Waals surface area contributed by atoms with Crippen LogP contribution in [0.5, 0.6) is 0 Å². The van der Waals surface area contributed by atoms with Crippen LogP contribution in [0, 0.1) is 0 Å². The predicted octanol–water partition coefficient (Wildman–Crippen LogP) is -5.94. The monoisotopic (exact) mass is 222 g/mol. The average molecular weight is 222 g/mol. The molecule has 0 aliphatic heterocycles. The fourth-order valence-corrected chi connectivity index (χ4v) is 0.156. The maximum Gasteiger partial charge on any atom is 1.00 e. The number of hydrogen-bond donors (Lipinski definition) is 3. The number of carbonyl (C=O) groups excluding carboxylic acids is 1. The molecule has 0 aliphatic rings. The normalized spacial score (nSPS) is 7.43. The Morgan fingerprint density at radius 2 is 1.79 bits per heavy atom. The van der Waals surface area contributed by atoms with Crippen LogP contribution in [0.25, 0.3) is 0 Å². The van der Waals surface area contributed by atoms with Crippen LogP contribution >= 0.6 is 11.6 Å². The van der Waals surface area contributed by atoms with E-state index in [1.807, 2.05) is 0 Å². The Bertz CT molecular complexity index is 162. The summed E-state index contributed by atoms with van der Waals surface area (Å²) >= 11 is 4.86. The molecule has 0 saturated heterocycles. The Morgan fingerprint density at radius 1 is 1.43 bits per heavy atom. The molecule has 76 valence electrons. The Labute approximate surface area is 95.7 Å². The third-order valence-corrected chi connectivity index (χ3v) is 0.443. The van der Waals surface area contributed by atoms with Crippen molar-refractivity contribution in [3.63, 3.8) is 0 Å². The summed E-state index contributed by atoms with van der Waals surface area (Å²) in [5.74, 6) is -3.21. The molecule has 14 heavy (non-hydrogen) atoms. The van der Waals surface area contributed by atoms with Gasteiger partial charge < -0.3 is 20.2 Å². The van der Waals surface area contributed by atoms with E-state index in [1.54, 1.807) is 0 Å². The first-order valence-corrected chi connectivity index (χ1v) is 3.10. The second-order valence-electron chi connectivity index (χ2n) is 1.23. The molecule has 0 fully saturated rings. The quantitative estimate of drug-likeness (QED) is 0.138. The van der Waals surface area contributed by atoms with E-state index in [0.29, 0.717) is 0 Å². The number of hydrogen-bond acceptors (Lipinski definition) is 7. The van der Waals surface area contributed by atoms with Gasteiger partial charge in [0.05, 0.1) is 0 Å². The van der Waals surface area contributed by atoms with Gasteiger partial charge in [-0.3, -0.25) is 4.89 Å². The van der Waals surface area contributed by atoms with Gasteiger partial charge in [0.2, 0.25) is 0 Å². The van der Waals surface area contributed by atoms with Crippen LogP contribution in [0.2, 0.25) is 0 Å². The van der Waals surface area contributed by atoms with Crippen molar-refractivity contribution in [3.05, 3.63) is 0 Å². The molecule has 0 aromatic heterocycles. The molecule has 0 saturated carbocycles. The van der Waals surface area contributed by atoms with Crippen molar-refractivity contribution in [3.8, 4) is 0 Å². The molecular formula is C3H5BClLiO8. The maximum atomic E-state index is 9.90. The maximum absolute atomic E-state index is 9.90. The molecule has 0 amide bonds. The number of alkyl halides is 1. The molecule has 11 heteroatoms. The summed E-state index contributed by atoms with van der Waals surface area (Å²) in [4.78, 5) is 26.9. The zero-order chi connectivity index (χ0) is 10.9. The summed E-state index contributed by atoms with van der Waals surface area (Å²) in [7, 11) is -2.42. The SMILES string of the molecule is O=C(O)C(=O)OOCCl.[Li+].[O-]B(O)O. The van der Waals surface area contributed by atoms with E-state index in [2.05, 4.69) is 9.78 Å². The van der Waals surface area contributed by atoms with Gasteiger partial charge in [-0.05, 0) is 0 Å². The van der Waals surface area contributed by atoms with Gasteiger partial charge in [0, 0.05) is 0 Å². The number of halogens is 1. The summed E-state index contributed by atoms with van der Waals surface area (Å²) in [6.07, 6.45) is 0. The van der Waals surface area contributed by atoms with Crippen LogP contribution in [-0.4, -0.2) is 40.5 Å². The first kappa shape index (κ1) is 19.3. The van der Waals surface area contributed by atoms with Gasteiger partial charge in [0.15, 0.2) is 6.07 Å². The van der Waals surface area contributed by atoms with Gasteiger partial charge in [-0.15, -0.1) is 0 Å². The third-order valence-electron chi connectivity index (χ3n) is 0.354. The zero-order valence-corrected chi connectivity index (χ0v) is 7.80. The molecule has 3 N–H and O–H groups in total. The molecule has 0 bridgehead atoms. The van der Waals surface area contributed by atoms with Crippen molar-refractivity contribution in [1.82, 2.24) is 0 Å². The van der Waals surface area contributed by atoms with E-state index in [4.69, 9.17) is 31.8 Å². The number of carboxylic acids is 1. The van der Waals surface area contributed by atoms with E-state index < -0.39 is 19.3 Å². The van der Waals surface area contributed by atoms with Crippen LogP contribution in [0.3, 0.4) is 0 Å². The van der Waals surface area contributed by atoms with Crippen LogP contribution in [-0.2, 0) is 19.4 Å². The summed E-state index contributed by atoms with van der Waals surface area (Å²) in [5, 5.41) is 30.6. The summed E-state index contributed by atoms with van der Waals surface area (Å²) in [6, 6.07) is -0.390. The van der Waals surface area contributed by atoms with Gasteiger partial charge in [0.25, 0.3) is 0 Å². The number of rotatable bonds is 2. The minimum Gasteiger partial charge on any atom is -0.832 e. The van der Waals surface area contributed by atoms with Crippen LogP contribution in [0.15, 0.2) is 0 Å². The van der Waals surface area contributed by atoms with Gasteiger partial charge in [0.1, 0.15) is 0 Å². The van der Waals surface area contributed by atoms with Crippen molar-refractivity contribution in [1.29, 1.82) is 0 Å². The predicted molar refractivity (Wildman–Crippen MR) is 35.7 cm³/mol. The number of aliphatic carboxylic acids is 1. The molecule has 0 spiro atoms. The van der Waals surface area contributed by atoms with Gasteiger partial charge in [-0.2, -0.15) is 4.89 Å². The first-order chi connectivity index (χ1) is 5.91. The number of carbonyl (C=O) groups is 2. The minimum absolute atomic E-state index is 0. The van der Waals surface area contributed by atoms with E-state index >= 15 is 0 Å². The van der Waals surface area contributed by atoms with Crippen molar-refractivity contribution in [2.75, 3.05) is 6.07 Å². The van der Waals surface area contributed by atoms with Gasteiger partial charge in [-0.25, -0.2) is 9.59 Å². The largest absolute Gasteiger partial charge is 1.00 e. The van der Waals surface area contributed by atoms with Crippen molar-refractivity contribution in [2.24, 2.45) is 0 Å². The van der Waals surface area contributed by atoms with Crippen molar-refractivity contribution < 1.29 is 58.4 Å². The van der Waals surface area contributed by atoms with Crippen LogP contribution in [0.4, 0.5) is 0 Å². The third kappa shape index (κ3) is 22.6. The Hall–Kier alpha value is -0.268. The van der Waals surface area contributed by atoms with Crippen molar-refractivity contribution >= 4 is 30.9 Å². The first-order valence-electron chi connectivity index (χ1n) is 2.56. The molecule has 0 atom stereocenters. The van der Waals surface area contributed by atoms with E-state index in [9.17, 15) is 9.59 Å². The molecule has 0 heterocycles. The summed E-state index contributed by atoms with van der Waals surface area (Å²) < 4.78 is 0. The summed E-state index contributed by atoms with van der Waals surface area (Å²) in [5.41, 5.74) is 0. The van der Waals surface area contributed by atoms with Gasteiger partial charge >= 0.3 is 38.1 Å². The molecule has 8 nitrogen and oxygen atoms in total. The van der Waals surface area contributed by atoms with Gasteiger partial charge in [-0.1, -0.05) is 11.6 Å². The average Bonchev–Trinajstić information content (AvgIpc) is 1.98. The zero-order valence-electron chi connectivity index (χ0n) is 7.05. The molecular weight excluding hydrogens is 217 g/mol. The molecule has 0 rings (SSSR count). The molecule has 0 aromatic carbocycles. The van der Waals surface area contributed by atoms with Crippen molar-refractivity contribution in [2.45, 2.75) is 0 Å². The Balaban J connectivity index is -0.000000209. The van der Waals surface area contributed by atoms with Crippen LogP contribution < -0.4 is 23.9 Å². The molecule has 0 radical (unpaired) electrons. The minimum atomic E-state index is -2.42. The molecule has 0 aliphatic carbocycles. The smallest absolute Gasteiger partial charge is 0.832 e. The van der Waals surface area contributed by atoms with Crippen LogP contribution in [0.1, 0.15) is 0 Å². The molecule has 0 unspecified atom stereocenters. The fraction of sp³-hybridized carbons (Fsp3) is 0.333. The number of carboxylic acid groups (broad SMARTS) is 1. The Kier molecular flexibility index (Phi) is 17.6.